The second-order valence-corrected chi connectivity index (χ2v) is 9.69. The molecule has 0 radical (unpaired) electrons. The third kappa shape index (κ3) is 5.68. The van der Waals surface area contributed by atoms with Crippen molar-refractivity contribution in [1.29, 1.82) is 0 Å². The van der Waals surface area contributed by atoms with E-state index in [1.807, 2.05) is 33.8 Å². The van der Waals surface area contributed by atoms with Crippen molar-refractivity contribution in [3.05, 3.63) is 83.9 Å². The quantitative estimate of drug-likeness (QED) is 0.526. The Morgan fingerprint density at radius 3 is 2.19 bits per heavy atom. The number of benzene rings is 3. The SMILES string of the molecule is Cc1ccc(N(CC(=O)Nc2ccc(OC(C)C)cc2)S(=O)(=O)c2ccccc2)cc1C. The fourth-order valence-electron chi connectivity index (χ4n) is 3.14. The molecule has 3 aromatic carbocycles. The van der Waals surface area contributed by atoms with Gasteiger partial charge >= 0.3 is 0 Å². The number of sulfonamides is 1. The van der Waals surface area contributed by atoms with Crippen molar-refractivity contribution in [2.24, 2.45) is 0 Å². The maximum absolute atomic E-state index is 13.4. The molecule has 0 bridgehead atoms. The fourth-order valence-corrected chi connectivity index (χ4v) is 4.57. The first-order chi connectivity index (χ1) is 15.2. The van der Waals surface area contributed by atoms with Gasteiger partial charge in [0.05, 0.1) is 16.7 Å². The average molecular weight is 453 g/mol. The molecule has 0 spiro atoms. The Hall–Kier alpha value is -3.32. The maximum Gasteiger partial charge on any atom is 0.264 e. The molecule has 0 fully saturated rings. The van der Waals surface area contributed by atoms with Gasteiger partial charge in [-0.3, -0.25) is 9.10 Å². The van der Waals surface area contributed by atoms with Gasteiger partial charge in [0.25, 0.3) is 10.0 Å². The van der Waals surface area contributed by atoms with Gasteiger partial charge in [0, 0.05) is 5.69 Å². The minimum atomic E-state index is -3.94. The highest BCUT2D eigenvalue weighted by atomic mass is 32.2. The molecule has 168 valence electrons. The molecule has 0 aliphatic carbocycles. The van der Waals surface area contributed by atoms with E-state index >= 15 is 0 Å². The second-order valence-electron chi connectivity index (χ2n) is 7.83. The summed E-state index contributed by atoms with van der Waals surface area (Å²) in [6.45, 7) is 7.37. The first kappa shape index (κ1) is 23.3. The molecule has 0 unspecified atom stereocenters. The van der Waals surface area contributed by atoms with E-state index in [-0.39, 0.29) is 17.5 Å². The average Bonchev–Trinajstić information content (AvgIpc) is 2.75. The second kappa shape index (κ2) is 9.87. The van der Waals surface area contributed by atoms with E-state index in [0.717, 1.165) is 15.4 Å². The molecule has 7 heteroatoms. The third-order valence-corrected chi connectivity index (χ3v) is 6.69. The Bertz CT molecular complexity index is 1170. The standard InChI is InChI=1S/C25H28N2O4S/c1-18(2)31-23-14-11-21(12-15-23)26-25(28)17-27(22-13-10-19(3)20(4)16-22)32(29,30)24-8-6-5-7-9-24/h5-16,18H,17H2,1-4H3,(H,26,28). The fraction of sp³-hybridized carbons (Fsp3) is 0.240. The van der Waals surface area contributed by atoms with Crippen LogP contribution in [0.25, 0.3) is 0 Å². The van der Waals surface area contributed by atoms with Gasteiger partial charge in [-0.15, -0.1) is 0 Å². The molecular formula is C25H28N2O4S. The van der Waals surface area contributed by atoms with Crippen LogP contribution in [0.3, 0.4) is 0 Å². The van der Waals surface area contributed by atoms with Gasteiger partial charge in [-0.05, 0) is 87.4 Å². The first-order valence-electron chi connectivity index (χ1n) is 10.4. The zero-order chi connectivity index (χ0) is 23.3. The summed E-state index contributed by atoms with van der Waals surface area (Å²) in [6, 6.07) is 20.4. The zero-order valence-electron chi connectivity index (χ0n) is 18.7. The number of aryl methyl sites for hydroxylation is 2. The minimum Gasteiger partial charge on any atom is -0.491 e. The van der Waals surface area contributed by atoms with E-state index < -0.39 is 15.9 Å². The number of carbonyl (C=O) groups excluding carboxylic acids is 1. The summed E-state index contributed by atoms with van der Waals surface area (Å²) in [5.41, 5.74) is 2.98. The van der Waals surface area contributed by atoms with Crippen LogP contribution in [0.4, 0.5) is 11.4 Å². The highest BCUT2D eigenvalue weighted by Crippen LogP contribution is 2.26. The van der Waals surface area contributed by atoms with Crippen molar-refractivity contribution < 1.29 is 17.9 Å². The number of carbonyl (C=O) groups is 1. The van der Waals surface area contributed by atoms with Crippen LogP contribution in [0.5, 0.6) is 5.75 Å². The summed E-state index contributed by atoms with van der Waals surface area (Å²) >= 11 is 0. The minimum absolute atomic E-state index is 0.0464. The number of rotatable bonds is 8. The molecular weight excluding hydrogens is 424 g/mol. The van der Waals surface area contributed by atoms with Crippen LogP contribution < -0.4 is 14.4 Å². The van der Waals surface area contributed by atoms with Crippen molar-refractivity contribution in [2.45, 2.75) is 38.7 Å². The zero-order valence-corrected chi connectivity index (χ0v) is 19.5. The number of nitrogens with one attached hydrogen (secondary N) is 1. The lowest BCUT2D eigenvalue weighted by Crippen LogP contribution is -2.38. The molecule has 0 heterocycles. The van der Waals surface area contributed by atoms with Crippen LogP contribution in [-0.4, -0.2) is 27.0 Å². The summed E-state index contributed by atoms with van der Waals surface area (Å²) in [5, 5.41) is 2.77. The number of hydrogen-bond donors (Lipinski definition) is 1. The molecule has 0 saturated carbocycles. The molecule has 0 atom stereocenters. The van der Waals surface area contributed by atoms with Gasteiger partial charge in [0.2, 0.25) is 5.91 Å². The summed E-state index contributed by atoms with van der Waals surface area (Å²) in [4.78, 5) is 13.0. The molecule has 0 aromatic heterocycles. The highest BCUT2D eigenvalue weighted by Gasteiger charge is 2.27. The van der Waals surface area contributed by atoms with E-state index in [0.29, 0.717) is 17.1 Å². The Morgan fingerprint density at radius 1 is 0.938 bits per heavy atom. The Kier molecular flexibility index (Phi) is 7.20. The van der Waals surface area contributed by atoms with Crippen molar-refractivity contribution in [3.8, 4) is 5.75 Å². The lowest BCUT2D eigenvalue weighted by Gasteiger charge is -2.25. The van der Waals surface area contributed by atoms with Crippen molar-refractivity contribution in [2.75, 3.05) is 16.2 Å². The number of hydrogen-bond acceptors (Lipinski definition) is 4. The monoisotopic (exact) mass is 452 g/mol. The van der Waals surface area contributed by atoms with Gasteiger partial charge in [0.1, 0.15) is 12.3 Å². The normalized spacial score (nSPS) is 11.3. The molecule has 3 aromatic rings. The van der Waals surface area contributed by atoms with Gasteiger partial charge in [-0.25, -0.2) is 8.42 Å². The smallest absolute Gasteiger partial charge is 0.264 e. The van der Waals surface area contributed by atoms with E-state index in [1.54, 1.807) is 54.6 Å². The van der Waals surface area contributed by atoms with Crippen LogP contribution in [0.15, 0.2) is 77.7 Å². The summed E-state index contributed by atoms with van der Waals surface area (Å²) < 4.78 is 33.5. The van der Waals surface area contributed by atoms with Gasteiger partial charge in [-0.1, -0.05) is 24.3 Å². The van der Waals surface area contributed by atoms with Gasteiger partial charge < -0.3 is 10.1 Å². The highest BCUT2D eigenvalue weighted by molar-refractivity contribution is 7.92. The van der Waals surface area contributed by atoms with E-state index in [9.17, 15) is 13.2 Å². The van der Waals surface area contributed by atoms with Crippen molar-refractivity contribution >= 4 is 27.3 Å². The number of anilines is 2. The predicted octanol–water partition coefficient (Wildman–Crippen LogP) is 4.92. The lowest BCUT2D eigenvalue weighted by atomic mass is 10.1. The molecule has 6 nitrogen and oxygen atoms in total. The maximum atomic E-state index is 13.4. The van der Waals surface area contributed by atoms with Crippen LogP contribution in [-0.2, 0) is 14.8 Å². The van der Waals surface area contributed by atoms with E-state index in [1.165, 1.54) is 12.1 Å². The van der Waals surface area contributed by atoms with Gasteiger partial charge in [-0.2, -0.15) is 0 Å². The van der Waals surface area contributed by atoms with Crippen molar-refractivity contribution in [3.63, 3.8) is 0 Å². The summed E-state index contributed by atoms with van der Waals surface area (Å²) in [6.07, 6.45) is 0.0464. The molecule has 0 saturated heterocycles. The number of nitrogens with zero attached hydrogens (tertiary/aromatic N) is 1. The topological polar surface area (TPSA) is 75.7 Å². The molecule has 3 rings (SSSR count). The van der Waals surface area contributed by atoms with Crippen LogP contribution in [0, 0.1) is 13.8 Å². The predicted molar refractivity (Wildman–Crippen MR) is 128 cm³/mol. The molecule has 1 amide bonds. The van der Waals surface area contributed by atoms with Crippen LogP contribution in [0.1, 0.15) is 25.0 Å². The molecule has 0 aliphatic heterocycles. The Balaban J connectivity index is 1.87. The van der Waals surface area contributed by atoms with E-state index in [4.69, 9.17) is 4.74 Å². The third-order valence-electron chi connectivity index (χ3n) is 4.91. The summed E-state index contributed by atoms with van der Waals surface area (Å²) in [7, 11) is -3.94. The number of amides is 1. The van der Waals surface area contributed by atoms with Gasteiger partial charge in [0.15, 0.2) is 0 Å². The first-order valence-corrected chi connectivity index (χ1v) is 11.8. The largest absolute Gasteiger partial charge is 0.491 e. The molecule has 32 heavy (non-hydrogen) atoms. The molecule has 1 N–H and O–H groups in total. The Labute approximate surface area is 189 Å². The number of ether oxygens (including phenoxy) is 1. The van der Waals surface area contributed by atoms with Crippen molar-refractivity contribution in [1.82, 2.24) is 0 Å². The lowest BCUT2D eigenvalue weighted by molar-refractivity contribution is -0.114. The van der Waals surface area contributed by atoms with Crippen LogP contribution in [0.2, 0.25) is 0 Å². The summed E-state index contributed by atoms with van der Waals surface area (Å²) in [5.74, 6) is 0.252. The van der Waals surface area contributed by atoms with E-state index in [2.05, 4.69) is 5.32 Å². The Morgan fingerprint density at radius 2 is 1.59 bits per heavy atom. The molecule has 0 aliphatic rings. The van der Waals surface area contributed by atoms with Crippen LogP contribution >= 0.6 is 0 Å².